The molecule has 2 aromatic rings. The first-order chi connectivity index (χ1) is 14.0. The number of carbonyl (C=O) groups is 2. The monoisotopic (exact) mass is 404 g/mol. The lowest BCUT2D eigenvalue weighted by Crippen LogP contribution is -2.14. The van der Waals surface area contributed by atoms with E-state index in [9.17, 15) is 9.59 Å². The van der Waals surface area contributed by atoms with Crippen LogP contribution in [0.1, 0.15) is 61.4 Å². The van der Waals surface area contributed by atoms with Gasteiger partial charge in [0.1, 0.15) is 11.2 Å². The predicted molar refractivity (Wildman–Crippen MR) is 110 cm³/mol. The first kappa shape index (κ1) is 22.3. The highest BCUT2D eigenvalue weighted by Gasteiger charge is 2.24. The van der Waals surface area contributed by atoms with Gasteiger partial charge in [-0.2, -0.15) is 0 Å². The molecule has 2 rings (SSSR count). The summed E-state index contributed by atoms with van der Waals surface area (Å²) in [5.41, 5.74) is 6.86. The summed E-state index contributed by atoms with van der Waals surface area (Å²) in [5, 5.41) is 0.352. The van der Waals surface area contributed by atoms with Gasteiger partial charge in [0, 0.05) is 17.1 Å². The van der Waals surface area contributed by atoms with E-state index in [-0.39, 0.29) is 35.7 Å². The van der Waals surface area contributed by atoms with Crippen molar-refractivity contribution in [3.05, 3.63) is 23.4 Å². The number of pyridine rings is 1. The van der Waals surface area contributed by atoms with Crippen LogP contribution in [0.4, 0.5) is 5.69 Å². The molecule has 0 radical (unpaired) electrons. The molecule has 0 aliphatic heterocycles. The first-order valence-corrected chi connectivity index (χ1v) is 9.85. The summed E-state index contributed by atoms with van der Waals surface area (Å²) in [7, 11) is 0. The third-order valence-electron chi connectivity index (χ3n) is 3.93. The number of nitrogens with two attached hydrogens (primary N) is 1. The lowest BCUT2D eigenvalue weighted by molar-refractivity contribution is 0.0498. The summed E-state index contributed by atoms with van der Waals surface area (Å²) < 4.78 is 21.9. The summed E-state index contributed by atoms with van der Waals surface area (Å²) in [4.78, 5) is 29.6. The number of hydrogen-bond donors (Lipinski definition) is 1. The van der Waals surface area contributed by atoms with Crippen LogP contribution in [0.15, 0.2) is 12.1 Å². The Hall–Kier alpha value is -3.03. The molecule has 158 valence electrons. The minimum absolute atomic E-state index is 0.0246. The van der Waals surface area contributed by atoms with Crippen molar-refractivity contribution in [3.63, 3.8) is 0 Å². The van der Waals surface area contributed by atoms with E-state index in [1.165, 1.54) is 6.07 Å². The van der Waals surface area contributed by atoms with Crippen LogP contribution in [-0.4, -0.2) is 43.4 Å². The molecule has 1 aromatic heterocycles. The number of esters is 2. The van der Waals surface area contributed by atoms with Crippen molar-refractivity contribution < 1.29 is 28.5 Å². The number of anilines is 1. The van der Waals surface area contributed by atoms with Crippen LogP contribution in [0.25, 0.3) is 10.9 Å². The predicted octanol–water partition coefficient (Wildman–Crippen LogP) is 3.75. The Morgan fingerprint density at radius 2 is 1.55 bits per heavy atom. The van der Waals surface area contributed by atoms with Crippen LogP contribution in [0.3, 0.4) is 0 Å². The van der Waals surface area contributed by atoms with Crippen molar-refractivity contribution in [3.8, 4) is 11.5 Å². The molecule has 0 bridgehead atoms. The molecule has 2 N–H and O–H groups in total. The second-order valence-corrected chi connectivity index (χ2v) is 6.21. The molecule has 0 atom stereocenters. The van der Waals surface area contributed by atoms with Gasteiger partial charge in [0.05, 0.1) is 32.0 Å². The van der Waals surface area contributed by atoms with Crippen LogP contribution in [0.5, 0.6) is 11.5 Å². The Morgan fingerprint density at radius 3 is 2.14 bits per heavy atom. The van der Waals surface area contributed by atoms with Crippen molar-refractivity contribution >= 4 is 28.5 Å². The van der Waals surface area contributed by atoms with Gasteiger partial charge in [-0.15, -0.1) is 0 Å². The number of fused-ring (bicyclic) bond motifs is 1. The summed E-state index contributed by atoms with van der Waals surface area (Å²) >= 11 is 0. The molecular weight excluding hydrogens is 376 g/mol. The number of hydrogen-bond acceptors (Lipinski definition) is 8. The Morgan fingerprint density at radius 1 is 0.931 bits per heavy atom. The number of aromatic nitrogens is 1. The van der Waals surface area contributed by atoms with Gasteiger partial charge in [-0.25, -0.2) is 14.6 Å². The maximum Gasteiger partial charge on any atom is 0.356 e. The highest BCUT2D eigenvalue weighted by molar-refractivity contribution is 6.12. The van der Waals surface area contributed by atoms with E-state index in [1.807, 2.05) is 27.7 Å². The molecule has 0 aliphatic rings. The Bertz CT molecular complexity index is 881. The third-order valence-corrected chi connectivity index (χ3v) is 3.93. The van der Waals surface area contributed by atoms with E-state index in [2.05, 4.69) is 4.98 Å². The van der Waals surface area contributed by atoms with Crippen LogP contribution < -0.4 is 15.2 Å². The normalized spacial score (nSPS) is 10.6. The fourth-order valence-electron chi connectivity index (χ4n) is 2.75. The molecule has 0 saturated heterocycles. The van der Waals surface area contributed by atoms with Crippen LogP contribution in [0, 0.1) is 0 Å². The first-order valence-electron chi connectivity index (χ1n) is 9.85. The van der Waals surface area contributed by atoms with E-state index < -0.39 is 11.9 Å². The average Bonchev–Trinajstić information content (AvgIpc) is 2.72. The van der Waals surface area contributed by atoms with Gasteiger partial charge < -0.3 is 24.7 Å². The summed E-state index contributed by atoms with van der Waals surface area (Å²) in [5.74, 6) is -0.532. The van der Waals surface area contributed by atoms with Crippen molar-refractivity contribution in [1.82, 2.24) is 4.98 Å². The average molecular weight is 404 g/mol. The van der Waals surface area contributed by atoms with Crippen molar-refractivity contribution in [1.29, 1.82) is 0 Å². The van der Waals surface area contributed by atoms with E-state index in [0.29, 0.717) is 42.9 Å². The van der Waals surface area contributed by atoms with Crippen molar-refractivity contribution in [2.24, 2.45) is 0 Å². The molecule has 0 saturated carbocycles. The molecular formula is C21H28N2O6. The van der Waals surface area contributed by atoms with Gasteiger partial charge in [0.25, 0.3) is 0 Å². The van der Waals surface area contributed by atoms with Crippen LogP contribution >= 0.6 is 0 Å². The van der Waals surface area contributed by atoms with Gasteiger partial charge in [-0.1, -0.05) is 13.8 Å². The standard InChI is InChI=1S/C21H28N2O6/c1-5-9-28-20(24)13-11-15(21(25)29-10-6-2)23-18-17(13)14(22)12-16(26-7-3)19(18)27-8-4/h11-12H,5-10,22H2,1-4H3. The third kappa shape index (κ3) is 5.07. The fraction of sp³-hybridized carbons (Fsp3) is 0.476. The highest BCUT2D eigenvalue weighted by atomic mass is 16.5. The fourth-order valence-corrected chi connectivity index (χ4v) is 2.75. The van der Waals surface area contributed by atoms with Gasteiger partial charge in [0.15, 0.2) is 11.5 Å². The number of benzene rings is 1. The maximum atomic E-state index is 12.7. The van der Waals surface area contributed by atoms with E-state index >= 15 is 0 Å². The largest absolute Gasteiger partial charge is 0.490 e. The van der Waals surface area contributed by atoms with E-state index in [4.69, 9.17) is 24.7 Å². The van der Waals surface area contributed by atoms with Gasteiger partial charge in [-0.05, 0) is 32.8 Å². The molecule has 1 heterocycles. The molecule has 0 amide bonds. The highest BCUT2D eigenvalue weighted by Crippen LogP contribution is 2.40. The zero-order valence-corrected chi connectivity index (χ0v) is 17.4. The minimum Gasteiger partial charge on any atom is -0.490 e. The lowest BCUT2D eigenvalue weighted by atomic mass is 10.0. The van der Waals surface area contributed by atoms with Gasteiger partial charge >= 0.3 is 11.9 Å². The minimum atomic E-state index is -0.638. The summed E-state index contributed by atoms with van der Waals surface area (Å²) in [6.45, 7) is 8.62. The molecule has 8 heteroatoms. The molecule has 0 aliphatic carbocycles. The SMILES string of the molecule is CCCOC(=O)c1cc(C(=O)OCCC)c2c(N)cc(OCC)c(OCC)c2n1. The topological polar surface area (TPSA) is 110 Å². The van der Waals surface area contributed by atoms with Crippen molar-refractivity contribution in [2.75, 3.05) is 32.2 Å². The molecule has 29 heavy (non-hydrogen) atoms. The number of nitrogen functional groups attached to an aromatic ring is 1. The Balaban J connectivity index is 2.78. The second kappa shape index (κ2) is 10.5. The summed E-state index contributed by atoms with van der Waals surface area (Å²) in [6, 6.07) is 2.94. The van der Waals surface area contributed by atoms with Crippen LogP contribution in [-0.2, 0) is 9.47 Å². The molecule has 1 aromatic carbocycles. The molecule has 8 nitrogen and oxygen atoms in total. The second-order valence-electron chi connectivity index (χ2n) is 6.21. The maximum absolute atomic E-state index is 12.7. The number of rotatable bonds is 10. The Kier molecular flexibility index (Phi) is 8.06. The zero-order chi connectivity index (χ0) is 21.4. The van der Waals surface area contributed by atoms with E-state index in [1.54, 1.807) is 6.07 Å². The lowest BCUT2D eigenvalue weighted by Gasteiger charge is -2.17. The summed E-state index contributed by atoms with van der Waals surface area (Å²) in [6.07, 6.45) is 1.32. The number of ether oxygens (including phenoxy) is 4. The van der Waals surface area contributed by atoms with Gasteiger partial charge in [-0.3, -0.25) is 0 Å². The number of carbonyl (C=O) groups excluding carboxylic acids is 2. The molecule has 0 fully saturated rings. The Labute approximate surface area is 170 Å². The quantitative estimate of drug-likeness (QED) is 0.471. The van der Waals surface area contributed by atoms with E-state index in [0.717, 1.165) is 0 Å². The van der Waals surface area contributed by atoms with Crippen molar-refractivity contribution in [2.45, 2.75) is 40.5 Å². The van der Waals surface area contributed by atoms with Gasteiger partial charge in [0.2, 0.25) is 0 Å². The smallest absolute Gasteiger partial charge is 0.356 e. The van der Waals surface area contributed by atoms with Crippen LogP contribution in [0.2, 0.25) is 0 Å². The number of nitrogens with zero attached hydrogens (tertiary/aromatic N) is 1. The molecule has 0 spiro atoms. The zero-order valence-electron chi connectivity index (χ0n) is 17.4. The molecule has 0 unspecified atom stereocenters.